The maximum absolute atomic E-state index is 11.2. The van der Waals surface area contributed by atoms with Crippen molar-refractivity contribution >= 4 is 39.2 Å². The standard InChI is InChI=1S/C9H8BrN5OS/c10-4-1-5(11)8(13-3-4)17-9-14-6(12)2-7(16)15-9/h1-3H,11H2,(H3,12,14,15,16). The van der Waals surface area contributed by atoms with Gasteiger partial charge >= 0.3 is 0 Å². The zero-order valence-corrected chi connectivity index (χ0v) is 10.9. The molecule has 0 amide bonds. The van der Waals surface area contributed by atoms with Crippen LogP contribution in [0.5, 0.6) is 0 Å². The summed E-state index contributed by atoms with van der Waals surface area (Å²) < 4.78 is 0.786. The molecule has 0 aromatic carbocycles. The number of nitrogens with two attached hydrogens (primary N) is 2. The first kappa shape index (κ1) is 11.9. The van der Waals surface area contributed by atoms with Crippen molar-refractivity contribution in [3.63, 3.8) is 0 Å². The molecule has 2 heterocycles. The zero-order valence-electron chi connectivity index (χ0n) is 8.48. The summed E-state index contributed by atoms with van der Waals surface area (Å²) in [5, 5.41) is 0.915. The van der Waals surface area contributed by atoms with Gasteiger partial charge in [-0.2, -0.15) is 0 Å². The molecule has 2 rings (SSSR count). The summed E-state index contributed by atoms with van der Waals surface area (Å²) in [5.41, 5.74) is 11.4. The number of nitrogens with zero attached hydrogens (tertiary/aromatic N) is 2. The molecule has 88 valence electrons. The molecule has 0 fully saturated rings. The SMILES string of the molecule is Nc1cc(=O)[nH]c(Sc2ncc(Br)cc2N)n1. The fourth-order valence-electron chi connectivity index (χ4n) is 1.12. The first-order valence-corrected chi connectivity index (χ1v) is 6.11. The van der Waals surface area contributed by atoms with Crippen LogP contribution in [0.4, 0.5) is 11.5 Å². The molecule has 0 bridgehead atoms. The van der Waals surface area contributed by atoms with Crippen molar-refractivity contribution in [3.05, 3.63) is 33.2 Å². The largest absolute Gasteiger partial charge is 0.396 e. The Bertz CT molecular complexity index is 615. The average molecular weight is 314 g/mol. The van der Waals surface area contributed by atoms with Crippen LogP contribution in [0, 0.1) is 0 Å². The quantitative estimate of drug-likeness (QED) is 0.719. The Morgan fingerprint density at radius 2 is 2.12 bits per heavy atom. The molecular formula is C9H8BrN5OS. The van der Waals surface area contributed by atoms with Gasteiger partial charge in [0.25, 0.3) is 5.56 Å². The topological polar surface area (TPSA) is 111 Å². The predicted molar refractivity (Wildman–Crippen MR) is 69.7 cm³/mol. The molecule has 0 aliphatic rings. The van der Waals surface area contributed by atoms with E-state index < -0.39 is 0 Å². The van der Waals surface area contributed by atoms with E-state index in [-0.39, 0.29) is 11.4 Å². The van der Waals surface area contributed by atoms with E-state index in [4.69, 9.17) is 11.5 Å². The second-order valence-electron chi connectivity index (χ2n) is 3.13. The molecule has 0 saturated heterocycles. The van der Waals surface area contributed by atoms with Crippen molar-refractivity contribution in [2.45, 2.75) is 10.2 Å². The van der Waals surface area contributed by atoms with Gasteiger partial charge in [-0.05, 0) is 33.8 Å². The van der Waals surface area contributed by atoms with E-state index >= 15 is 0 Å². The monoisotopic (exact) mass is 313 g/mol. The summed E-state index contributed by atoms with van der Waals surface area (Å²) in [6.45, 7) is 0. The highest BCUT2D eigenvalue weighted by Gasteiger charge is 2.07. The van der Waals surface area contributed by atoms with E-state index in [9.17, 15) is 4.79 Å². The number of H-pyrrole nitrogens is 1. The Hall–Kier alpha value is -1.54. The maximum atomic E-state index is 11.2. The number of pyridine rings is 1. The lowest BCUT2D eigenvalue weighted by Crippen LogP contribution is -2.09. The molecule has 0 aliphatic heterocycles. The summed E-state index contributed by atoms with van der Waals surface area (Å²) in [4.78, 5) is 21.8. The number of hydrogen-bond acceptors (Lipinski definition) is 6. The van der Waals surface area contributed by atoms with Crippen LogP contribution in [0.25, 0.3) is 0 Å². The molecule has 2 aromatic rings. The predicted octanol–water partition coefficient (Wildman–Crippen LogP) is 1.24. The van der Waals surface area contributed by atoms with Gasteiger partial charge in [-0.25, -0.2) is 9.97 Å². The smallest absolute Gasteiger partial charge is 0.253 e. The minimum atomic E-state index is -0.310. The molecule has 8 heteroatoms. The number of rotatable bonds is 2. The van der Waals surface area contributed by atoms with Gasteiger partial charge in [0.05, 0.1) is 5.69 Å². The number of nitrogens with one attached hydrogen (secondary N) is 1. The number of halogens is 1. The highest BCUT2D eigenvalue weighted by Crippen LogP contribution is 2.28. The van der Waals surface area contributed by atoms with Crippen LogP contribution in [0.1, 0.15) is 0 Å². The third kappa shape index (κ3) is 2.98. The minimum Gasteiger partial charge on any atom is -0.396 e. The highest BCUT2D eigenvalue weighted by atomic mass is 79.9. The lowest BCUT2D eigenvalue weighted by molar-refractivity contribution is 0.940. The van der Waals surface area contributed by atoms with Gasteiger partial charge in [-0.3, -0.25) is 4.79 Å². The zero-order chi connectivity index (χ0) is 12.4. The van der Waals surface area contributed by atoms with Crippen molar-refractivity contribution in [1.82, 2.24) is 15.0 Å². The van der Waals surface area contributed by atoms with Crippen molar-refractivity contribution in [2.24, 2.45) is 0 Å². The molecule has 0 spiro atoms. The lowest BCUT2D eigenvalue weighted by atomic mass is 10.4. The summed E-state index contributed by atoms with van der Waals surface area (Å²) in [5.74, 6) is 0.159. The molecule has 0 radical (unpaired) electrons. The van der Waals surface area contributed by atoms with E-state index in [1.807, 2.05) is 0 Å². The van der Waals surface area contributed by atoms with Gasteiger partial charge in [0, 0.05) is 16.7 Å². The first-order valence-electron chi connectivity index (χ1n) is 4.50. The van der Waals surface area contributed by atoms with Crippen molar-refractivity contribution in [2.75, 3.05) is 11.5 Å². The Morgan fingerprint density at radius 1 is 1.35 bits per heavy atom. The van der Waals surface area contributed by atoms with Crippen LogP contribution in [0.2, 0.25) is 0 Å². The minimum absolute atomic E-state index is 0.159. The molecule has 2 aromatic heterocycles. The fourth-order valence-corrected chi connectivity index (χ4v) is 2.24. The number of anilines is 2. The molecule has 0 aliphatic carbocycles. The summed E-state index contributed by atoms with van der Waals surface area (Å²) in [6, 6.07) is 2.93. The fraction of sp³-hybridized carbons (Fsp3) is 0. The third-order valence-corrected chi connectivity index (χ3v) is 3.13. The normalized spacial score (nSPS) is 10.4. The number of hydrogen-bond donors (Lipinski definition) is 3. The Morgan fingerprint density at radius 3 is 2.76 bits per heavy atom. The van der Waals surface area contributed by atoms with Crippen molar-refractivity contribution in [1.29, 1.82) is 0 Å². The second kappa shape index (κ2) is 4.76. The average Bonchev–Trinajstić information content (AvgIpc) is 2.21. The maximum Gasteiger partial charge on any atom is 0.253 e. The van der Waals surface area contributed by atoms with Crippen molar-refractivity contribution in [3.8, 4) is 0 Å². The second-order valence-corrected chi connectivity index (χ2v) is 5.02. The van der Waals surface area contributed by atoms with Crippen LogP contribution in [-0.2, 0) is 0 Å². The molecular weight excluding hydrogens is 306 g/mol. The molecule has 5 N–H and O–H groups in total. The van der Waals surface area contributed by atoms with Gasteiger partial charge < -0.3 is 16.5 Å². The van der Waals surface area contributed by atoms with Crippen LogP contribution < -0.4 is 17.0 Å². The Kier molecular flexibility index (Phi) is 3.34. The number of aromatic nitrogens is 3. The molecule has 6 nitrogen and oxygen atoms in total. The third-order valence-electron chi connectivity index (χ3n) is 1.78. The van der Waals surface area contributed by atoms with Gasteiger partial charge in [-0.1, -0.05) is 0 Å². The van der Waals surface area contributed by atoms with Gasteiger partial charge in [-0.15, -0.1) is 0 Å². The van der Waals surface area contributed by atoms with E-state index in [2.05, 4.69) is 30.9 Å². The molecule has 0 atom stereocenters. The van der Waals surface area contributed by atoms with E-state index in [1.165, 1.54) is 6.07 Å². The van der Waals surface area contributed by atoms with Gasteiger partial charge in [0.15, 0.2) is 5.16 Å². The molecule has 0 saturated carbocycles. The van der Waals surface area contributed by atoms with Gasteiger partial charge in [0.1, 0.15) is 10.8 Å². The number of aromatic amines is 1. The molecule has 0 unspecified atom stereocenters. The van der Waals surface area contributed by atoms with Crippen molar-refractivity contribution < 1.29 is 0 Å². The summed E-state index contributed by atoms with van der Waals surface area (Å²) in [7, 11) is 0. The summed E-state index contributed by atoms with van der Waals surface area (Å²) in [6.07, 6.45) is 1.61. The van der Waals surface area contributed by atoms with E-state index in [0.29, 0.717) is 15.9 Å². The van der Waals surface area contributed by atoms with Crippen LogP contribution >= 0.6 is 27.7 Å². The number of nitrogen functional groups attached to an aromatic ring is 2. The lowest BCUT2D eigenvalue weighted by Gasteiger charge is -2.04. The van der Waals surface area contributed by atoms with E-state index in [1.54, 1.807) is 12.3 Å². The van der Waals surface area contributed by atoms with Crippen LogP contribution in [0.3, 0.4) is 0 Å². The Labute approximate surface area is 109 Å². The summed E-state index contributed by atoms with van der Waals surface area (Å²) >= 11 is 4.41. The Balaban J connectivity index is 2.34. The first-order chi connectivity index (χ1) is 8.04. The van der Waals surface area contributed by atoms with Gasteiger partial charge in [0.2, 0.25) is 0 Å². The van der Waals surface area contributed by atoms with Crippen LogP contribution in [0.15, 0.2) is 37.8 Å². The highest BCUT2D eigenvalue weighted by molar-refractivity contribution is 9.10. The van der Waals surface area contributed by atoms with Crippen LogP contribution in [-0.4, -0.2) is 15.0 Å². The van der Waals surface area contributed by atoms with E-state index in [0.717, 1.165) is 16.2 Å². The molecule has 17 heavy (non-hydrogen) atoms.